The molecule has 0 radical (unpaired) electrons. The monoisotopic (exact) mass is 848 g/mol. The van der Waals surface area contributed by atoms with Gasteiger partial charge in [-0.3, -0.25) is 9.59 Å². The number of hydrogen-bond acceptors (Lipinski definition) is 7. The molecular formula is C43H54Cl2N8O6. The molecule has 2 bridgehead atoms. The van der Waals surface area contributed by atoms with Crippen LogP contribution in [0.5, 0.6) is 0 Å². The third-order valence-electron chi connectivity index (χ3n) is 14.9. The van der Waals surface area contributed by atoms with E-state index in [9.17, 15) is 24.3 Å². The van der Waals surface area contributed by atoms with E-state index in [4.69, 9.17) is 37.9 Å². The third kappa shape index (κ3) is 6.86. The molecule has 10 rings (SSSR count). The van der Waals surface area contributed by atoms with Crippen LogP contribution in [-0.4, -0.2) is 90.1 Å². The van der Waals surface area contributed by atoms with Gasteiger partial charge in [0, 0.05) is 23.1 Å². The fraction of sp³-hybridized carbons (Fsp3) is 0.628. The van der Waals surface area contributed by atoms with Gasteiger partial charge in [0.15, 0.2) is 10.3 Å². The molecule has 5 saturated carbocycles. The fourth-order valence-corrected chi connectivity index (χ4v) is 11.9. The summed E-state index contributed by atoms with van der Waals surface area (Å²) >= 11 is 13.8. The zero-order chi connectivity index (χ0) is 41.7. The van der Waals surface area contributed by atoms with Crippen LogP contribution in [0.3, 0.4) is 0 Å². The second kappa shape index (κ2) is 14.7. The predicted molar refractivity (Wildman–Crippen MR) is 220 cm³/mol. The number of imidazole rings is 2. The van der Waals surface area contributed by atoms with Crippen LogP contribution in [0.4, 0.5) is 9.59 Å². The van der Waals surface area contributed by atoms with Crippen molar-refractivity contribution in [3.63, 3.8) is 0 Å². The molecule has 16 heteroatoms. The second-order valence-corrected chi connectivity index (χ2v) is 19.6. The predicted octanol–water partition coefficient (Wildman–Crippen LogP) is 7.65. The van der Waals surface area contributed by atoms with E-state index in [1.807, 2.05) is 37.5 Å². The summed E-state index contributed by atoms with van der Waals surface area (Å²) in [5, 5.41) is 15.4. The number of aromatic amines is 2. The Balaban J connectivity index is 0.886. The van der Waals surface area contributed by atoms with Crippen molar-refractivity contribution >= 4 is 47.2 Å². The molecule has 4 amide bonds. The van der Waals surface area contributed by atoms with Crippen LogP contribution in [0.25, 0.3) is 11.3 Å². The highest BCUT2D eigenvalue weighted by molar-refractivity contribution is 6.32. The van der Waals surface area contributed by atoms with Crippen LogP contribution < -0.4 is 10.6 Å². The average molecular weight is 850 g/mol. The molecule has 14 nitrogen and oxygen atoms in total. The number of carbonyl (C=O) groups excluding carboxylic acids is 3. The Kier molecular flexibility index (Phi) is 10.0. The summed E-state index contributed by atoms with van der Waals surface area (Å²) in [5.41, 5.74) is 3.86. The van der Waals surface area contributed by atoms with Gasteiger partial charge in [-0.05, 0) is 98.9 Å². The first-order valence-electron chi connectivity index (χ1n) is 21.2. The molecule has 1 aromatic carbocycles. The number of H-pyrrole nitrogens is 2. The Hall–Kier alpha value is -4.30. The number of carbonyl (C=O) groups is 4. The van der Waals surface area contributed by atoms with Crippen molar-refractivity contribution in [2.45, 2.75) is 139 Å². The van der Waals surface area contributed by atoms with Crippen LogP contribution >= 0.6 is 23.2 Å². The number of nitrogens with one attached hydrogen (secondary N) is 4. The van der Waals surface area contributed by atoms with E-state index in [1.165, 1.54) is 12.7 Å². The largest absolute Gasteiger partial charge is 0.465 e. The van der Waals surface area contributed by atoms with E-state index in [2.05, 4.69) is 44.9 Å². The fourth-order valence-electron chi connectivity index (χ4n) is 11.3. The van der Waals surface area contributed by atoms with Gasteiger partial charge in [0.1, 0.15) is 23.7 Å². The number of methoxy groups -OCH3 is 1. The number of benzene rings is 1. The number of piperidine rings is 2. The summed E-state index contributed by atoms with van der Waals surface area (Å²) < 4.78 is 4.83. The van der Waals surface area contributed by atoms with Crippen LogP contribution in [0.2, 0.25) is 10.3 Å². The van der Waals surface area contributed by atoms with E-state index in [0.29, 0.717) is 33.7 Å². The zero-order valence-electron chi connectivity index (χ0n) is 34.2. The van der Waals surface area contributed by atoms with E-state index < -0.39 is 24.3 Å². The molecule has 8 atom stereocenters. The number of aromatic nitrogens is 4. The minimum absolute atomic E-state index is 0.0513. The lowest BCUT2D eigenvalue weighted by Crippen LogP contribution is -2.52. The summed E-state index contributed by atoms with van der Waals surface area (Å²) in [6, 6.07) is 6.83. The summed E-state index contributed by atoms with van der Waals surface area (Å²) in [6.45, 7) is 7.53. The minimum Gasteiger partial charge on any atom is -0.465 e. The number of nitrogens with zero attached hydrogens (tertiary/aromatic N) is 4. The SMILES string of the molecule is COC(=O)N[C@H](C(=O)N1[C@@H]2C[C@H]2C[C@H]1c1nc(Cl)c(C23CCC(c4ccc(-c5[nH]c([C@@H]6C[C@H]7C[C@H]7N6C(=O)[C@@H](NC(=O)O)C(C)C)nc5Cl)cc4)(CC2)CC3)[nH]1)C(C)C. The van der Waals surface area contributed by atoms with Crippen LogP contribution in [-0.2, 0) is 25.2 Å². The van der Waals surface area contributed by atoms with E-state index in [0.717, 1.165) is 81.3 Å². The van der Waals surface area contributed by atoms with Gasteiger partial charge in [0.25, 0.3) is 0 Å². The van der Waals surface area contributed by atoms with Crippen molar-refractivity contribution in [3.05, 3.63) is 57.5 Å². The maximum absolute atomic E-state index is 14.0. The lowest BCUT2D eigenvalue weighted by molar-refractivity contribution is -0.137. The van der Waals surface area contributed by atoms with Crippen molar-refractivity contribution < 1.29 is 29.0 Å². The number of likely N-dealkylation sites (tertiary alicyclic amines) is 2. The van der Waals surface area contributed by atoms with Gasteiger partial charge in [0.2, 0.25) is 11.8 Å². The first-order chi connectivity index (χ1) is 28.1. The first kappa shape index (κ1) is 40.1. The Morgan fingerprint density at radius 1 is 0.746 bits per heavy atom. The van der Waals surface area contributed by atoms with Gasteiger partial charge >= 0.3 is 12.2 Å². The van der Waals surface area contributed by atoms with Crippen LogP contribution in [0, 0.1) is 23.7 Å². The van der Waals surface area contributed by atoms with Crippen molar-refractivity contribution in [2.24, 2.45) is 23.7 Å². The smallest absolute Gasteiger partial charge is 0.407 e. The number of fused-ring (bicyclic) bond motifs is 5. The van der Waals surface area contributed by atoms with Crippen molar-refractivity contribution in [1.82, 2.24) is 40.4 Å². The van der Waals surface area contributed by atoms with Crippen molar-refractivity contribution in [1.29, 1.82) is 0 Å². The van der Waals surface area contributed by atoms with Gasteiger partial charge in [-0.2, -0.15) is 0 Å². The number of halogens is 2. The number of alkyl carbamates (subject to hydrolysis) is 1. The molecule has 7 fully saturated rings. The molecule has 5 aliphatic carbocycles. The van der Waals surface area contributed by atoms with Gasteiger partial charge < -0.3 is 40.2 Å². The standard InChI is InChI=1S/C43H54Cl2N8O6/c1-20(2)30(47-40(56)57)38(54)52-26-16-23(26)18-28(52)36-46-32(34(44)50-36)22-6-8-25(9-7-22)42-10-13-43(14-11-42,15-12-42)33-35(45)51-37(49-33)29-19-24-17-27(24)53(29)39(55)31(21(3)4)48-41(58)59-5/h6-9,20-21,23-24,26-31,47H,10-19H2,1-5H3,(H,46,50)(H,48,58)(H,49,51)(H,56,57)/t23-,24+,26-,27-,28+,29+,30+,31+,42?,43?/m1/s1. The molecule has 4 heterocycles. The van der Waals surface area contributed by atoms with E-state index in [-0.39, 0.29) is 58.6 Å². The molecule has 0 spiro atoms. The molecular weight excluding hydrogens is 795 g/mol. The Morgan fingerprint density at radius 2 is 1.24 bits per heavy atom. The van der Waals surface area contributed by atoms with Gasteiger partial charge in [0.05, 0.1) is 30.6 Å². The van der Waals surface area contributed by atoms with Crippen molar-refractivity contribution in [2.75, 3.05) is 7.11 Å². The molecule has 316 valence electrons. The lowest BCUT2D eigenvalue weighted by Gasteiger charge is -2.53. The highest BCUT2D eigenvalue weighted by atomic mass is 35.5. The van der Waals surface area contributed by atoms with Gasteiger partial charge in [-0.1, -0.05) is 75.2 Å². The third-order valence-corrected chi connectivity index (χ3v) is 15.4. The second-order valence-electron chi connectivity index (χ2n) is 18.9. The molecule has 7 aliphatic rings. The molecule has 5 N–H and O–H groups in total. The molecule has 2 saturated heterocycles. The number of rotatable bonds is 11. The maximum atomic E-state index is 14.0. The Labute approximate surface area is 353 Å². The lowest BCUT2D eigenvalue weighted by atomic mass is 9.51. The summed E-state index contributed by atoms with van der Waals surface area (Å²) in [6.07, 6.45) is 7.61. The van der Waals surface area contributed by atoms with E-state index >= 15 is 0 Å². The molecule has 0 unspecified atom stereocenters. The van der Waals surface area contributed by atoms with Crippen molar-refractivity contribution in [3.8, 4) is 11.3 Å². The zero-order valence-corrected chi connectivity index (χ0v) is 35.7. The first-order valence-corrected chi connectivity index (χ1v) is 22.0. The highest BCUT2D eigenvalue weighted by Gasteiger charge is 2.58. The highest BCUT2D eigenvalue weighted by Crippen LogP contribution is 2.60. The average Bonchev–Trinajstić information content (AvgIpc) is 3.92. The number of ether oxygens (including phenoxy) is 1. The number of carboxylic acid groups (broad SMARTS) is 1. The Morgan fingerprint density at radius 3 is 1.75 bits per heavy atom. The van der Waals surface area contributed by atoms with Gasteiger partial charge in [-0.15, -0.1) is 0 Å². The quantitative estimate of drug-likeness (QED) is 0.130. The minimum atomic E-state index is -1.21. The van der Waals surface area contributed by atoms with Crippen LogP contribution in [0.15, 0.2) is 24.3 Å². The summed E-state index contributed by atoms with van der Waals surface area (Å²) in [7, 11) is 1.30. The molecule has 2 aromatic heterocycles. The Bertz CT molecular complexity index is 2140. The van der Waals surface area contributed by atoms with Gasteiger partial charge in [-0.25, -0.2) is 19.6 Å². The van der Waals surface area contributed by atoms with E-state index in [1.54, 1.807) is 0 Å². The summed E-state index contributed by atoms with van der Waals surface area (Å²) in [4.78, 5) is 71.9. The molecule has 59 heavy (non-hydrogen) atoms. The normalized spacial score (nSPS) is 31.2. The number of amides is 4. The number of hydrogen-bond donors (Lipinski definition) is 5. The van der Waals surface area contributed by atoms with Crippen LogP contribution in [0.1, 0.15) is 127 Å². The molecule has 3 aromatic rings. The summed E-state index contributed by atoms with van der Waals surface area (Å²) in [5.74, 6) is 1.52. The maximum Gasteiger partial charge on any atom is 0.407 e. The topological polar surface area (TPSA) is 186 Å². The molecule has 2 aliphatic heterocycles.